The second-order valence-corrected chi connectivity index (χ2v) is 11.6. The average Bonchev–Trinajstić information content (AvgIpc) is 3.45. The van der Waals surface area contributed by atoms with Crippen molar-refractivity contribution in [3.63, 3.8) is 0 Å². The molecule has 1 N–H and O–H groups in total. The van der Waals surface area contributed by atoms with Crippen LogP contribution in [0.2, 0.25) is 0 Å². The number of aromatic nitrogens is 3. The molecule has 1 aliphatic carbocycles. The highest BCUT2D eigenvalue weighted by molar-refractivity contribution is 6.04. The molecular weight excluding hydrogens is 550 g/mol. The lowest BCUT2D eigenvalue weighted by molar-refractivity contribution is 0.107. The van der Waals surface area contributed by atoms with Crippen LogP contribution in [-0.2, 0) is 0 Å². The van der Waals surface area contributed by atoms with Crippen molar-refractivity contribution in [2.24, 2.45) is 0 Å². The van der Waals surface area contributed by atoms with E-state index in [1.807, 2.05) is 0 Å². The molecule has 2 aliphatic heterocycles. The fourth-order valence-corrected chi connectivity index (χ4v) is 6.74. The molecule has 2 saturated heterocycles. The smallest absolute Gasteiger partial charge is 0.319 e. The Morgan fingerprint density at radius 2 is 2.05 bits per heavy atom. The molecule has 3 aliphatic rings. The number of ether oxygens (including phenoxy) is 1. The van der Waals surface area contributed by atoms with Crippen molar-refractivity contribution in [1.82, 2.24) is 19.9 Å². The van der Waals surface area contributed by atoms with Crippen molar-refractivity contribution in [2.45, 2.75) is 49.6 Å². The van der Waals surface area contributed by atoms with Gasteiger partial charge in [-0.15, -0.1) is 0 Å². The maximum absolute atomic E-state index is 16.5. The van der Waals surface area contributed by atoms with E-state index in [-0.39, 0.29) is 51.9 Å². The van der Waals surface area contributed by atoms with Crippen LogP contribution < -0.4 is 9.64 Å². The van der Waals surface area contributed by atoms with E-state index in [1.54, 1.807) is 11.9 Å². The van der Waals surface area contributed by atoms with Crippen LogP contribution in [0.5, 0.6) is 11.8 Å². The van der Waals surface area contributed by atoms with Gasteiger partial charge in [-0.1, -0.05) is 18.7 Å². The third-order valence-electron chi connectivity index (χ3n) is 8.94. The van der Waals surface area contributed by atoms with Gasteiger partial charge in [-0.2, -0.15) is 9.97 Å². The Bertz CT molecular complexity index is 1750. The van der Waals surface area contributed by atoms with Crippen LogP contribution in [0.3, 0.4) is 0 Å². The van der Waals surface area contributed by atoms with Crippen LogP contribution in [0, 0.1) is 11.6 Å². The van der Waals surface area contributed by atoms with E-state index >= 15 is 4.39 Å². The number of anilines is 1. The number of phenolic OH excluding ortho intramolecular Hbond substituents is 1. The van der Waals surface area contributed by atoms with Gasteiger partial charge in [0.25, 0.3) is 0 Å². The summed E-state index contributed by atoms with van der Waals surface area (Å²) in [7, 11) is 1.67. The fourth-order valence-electron chi connectivity index (χ4n) is 6.74. The van der Waals surface area contributed by atoms with Crippen LogP contribution in [0.4, 0.5) is 23.4 Å². The molecule has 4 aromatic rings. The monoisotopic (exact) mass is 579 g/mol. The predicted molar refractivity (Wildman–Crippen MR) is 152 cm³/mol. The van der Waals surface area contributed by atoms with Gasteiger partial charge in [0.05, 0.1) is 17.0 Å². The van der Waals surface area contributed by atoms with Crippen molar-refractivity contribution < 1.29 is 27.4 Å². The highest BCUT2D eigenvalue weighted by Crippen LogP contribution is 2.42. The topological polar surface area (TPSA) is 74.6 Å². The van der Waals surface area contributed by atoms with Gasteiger partial charge in [-0.25, -0.2) is 17.6 Å². The number of benzene rings is 2. The Morgan fingerprint density at radius 1 is 1.24 bits per heavy atom. The lowest BCUT2D eigenvalue weighted by Crippen LogP contribution is -2.43. The number of fused-ring (bicyclic) bond motifs is 3. The third-order valence-corrected chi connectivity index (χ3v) is 8.94. The van der Waals surface area contributed by atoms with E-state index in [0.717, 1.165) is 19.4 Å². The van der Waals surface area contributed by atoms with Gasteiger partial charge in [0, 0.05) is 49.1 Å². The minimum Gasteiger partial charge on any atom is -0.508 e. The van der Waals surface area contributed by atoms with E-state index in [1.165, 1.54) is 36.5 Å². The number of halogens is 4. The van der Waals surface area contributed by atoms with Crippen molar-refractivity contribution in [3.8, 4) is 23.0 Å². The van der Waals surface area contributed by atoms with Gasteiger partial charge in [0.1, 0.15) is 47.5 Å². The lowest BCUT2D eigenvalue weighted by Gasteiger charge is -2.31. The Kier molecular flexibility index (Phi) is 6.27. The summed E-state index contributed by atoms with van der Waals surface area (Å²) >= 11 is 0. The molecule has 7 nitrogen and oxygen atoms in total. The van der Waals surface area contributed by atoms with E-state index in [4.69, 9.17) is 4.74 Å². The molecule has 7 rings (SSSR count). The standard InChI is InChI=1S/C31H29F4N5O2/c1-3-19-22(33)6-5-16-9-18(41)10-20(25(16)19)27-26(35)28-21(13-36-27)29(39(2)24-11-23(24)34)38-30(37-28)42-15-31-7-4-8-40(31)14-17(32)12-31/h3,5-6,9-10,13,17,23-24,41H,1,4,7-8,11-12,14-15H2,2H3/t17-,23-,24-,31+/m1/s1. The van der Waals surface area contributed by atoms with Gasteiger partial charge in [0.15, 0.2) is 5.82 Å². The molecule has 2 aromatic carbocycles. The van der Waals surface area contributed by atoms with Crippen LogP contribution in [-0.4, -0.2) is 75.6 Å². The van der Waals surface area contributed by atoms with Gasteiger partial charge in [0.2, 0.25) is 0 Å². The number of pyridine rings is 1. The van der Waals surface area contributed by atoms with E-state index in [2.05, 4.69) is 26.4 Å². The number of aromatic hydroxyl groups is 1. The molecule has 2 aromatic heterocycles. The summed E-state index contributed by atoms with van der Waals surface area (Å²) in [6.07, 6.45) is 3.09. The van der Waals surface area contributed by atoms with Crippen molar-refractivity contribution in [1.29, 1.82) is 0 Å². The van der Waals surface area contributed by atoms with Crippen LogP contribution >= 0.6 is 0 Å². The van der Waals surface area contributed by atoms with Crippen molar-refractivity contribution >= 4 is 33.6 Å². The highest BCUT2D eigenvalue weighted by Gasteiger charge is 2.49. The SMILES string of the molecule is C=Cc1c(F)ccc2cc(O)cc(-c3ncc4c(N(C)[C@@H]5C[C@H]5F)nc(OC[C@@]56CCCN5C[C@H](F)C6)nc4c3F)c12. The molecule has 0 spiro atoms. The predicted octanol–water partition coefficient (Wildman–Crippen LogP) is 5.97. The second kappa shape index (κ2) is 9.79. The molecule has 1 saturated carbocycles. The maximum atomic E-state index is 16.5. The first-order chi connectivity index (χ1) is 20.2. The van der Waals surface area contributed by atoms with Crippen molar-refractivity contribution in [2.75, 3.05) is 31.6 Å². The van der Waals surface area contributed by atoms with Crippen LogP contribution in [0.1, 0.15) is 31.2 Å². The number of alkyl halides is 2. The number of nitrogens with zero attached hydrogens (tertiary/aromatic N) is 5. The zero-order valence-corrected chi connectivity index (χ0v) is 23.0. The first-order valence-electron chi connectivity index (χ1n) is 14.0. The second-order valence-electron chi connectivity index (χ2n) is 11.6. The molecule has 218 valence electrons. The molecule has 0 radical (unpaired) electrons. The molecule has 11 heteroatoms. The van der Waals surface area contributed by atoms with E-state index in [9.17, 15) is 18.3 Å². The molecule has 0 bridgehead atoms. The molecule has 4 atom stereocenters. The Labute approximate surface area is 239 Å². The number of phenols is 1. The Hall–Kier alpha value is -3.99. The number of rotatable bonds is 7. The van der Waals surface area contributed by atoms with Gasteiger partial charge in [-0.3, -0.25) is 9.88 Å². The molecule has 4 heterocycles. The maximum Gasteiger partial charge on any atom is 0.319 e. The largest absolute Gasteiger partial charge is 0.508 e. The zero-order chi connectivity index (χ0) is 29.3. The normalized spacial score (nSPS) is 25.2. The number of hydrogen-bond donors (Lipinski definition) is 1. The zero-order valence-electron chi connectivity index (χ0n) is 23.0. The summed E-state index contributed by atoms with van der Waals surface area (Å²) in [4.78, 5) is 17.1. The summed E-state index contributed by atoms with van der Waals surface area (Å²) in [5, 5.41) is 11.5. The number of hydrogen-bond acceptors (Lipinski definition) is 7. The Balaban J connectivity index is 1.38. The van der Waals surface area contributed by atoms with Crippen molar-refractivity contribution in [3.05, 3.63) is 54.2 Å². The molecule has 42 heavy (non-hydrogen) atoms. The summed E-state index contributed by atoms with van der Waals surface area (Å²) < 4.78 is 65.8. The van der Waals surface area contributed by atoms with Gasteiger partial charge < -0.3 is 14.7 Å². The molecule has 3 fully saturated rings. The highest BCUT2D eigenvalue weighted by atomic mass is 19.1. The van der Waals surface area contributed by atoms with E-state index in [0.29, 0.717) is 30.2 Å². The first-order valence-corrected chi connectivity index (χ1v) is 14.0. The molecule has 0 unspecified atom stereocenters. The minimum atomic E-state index is -1.04. The Morgan fingerprint density at radius 3 is 2.81 bits per heavy atom. The summed E-state index contributed by atoms with van der Waals surface area (Å²) in [5.41, 5.74) is -0.464. The lowest BCUT2D eigenvalue weighted by atomic mass is 9.95. The van der Waals surface area contributed by atoms with Crippen LogP contribution in [0.25, 0.3) is 39.0 Å². The van der Waals surface area contributed by atoms with Gasteiger partial charge >= 0.3 is 6.01 Å². The minimum absolute atomic E-state index is 0.112. The summed E-state index contributed by atoms with van der Waals surface area (Å²) in [6.45, 7) is 4.97. The van der Waals surface area contributed by atoms with Crippen LogP contribution in [0.15, 0.2) is 37.0 Å². The average molecular weight is 580 g/mol. The summed E-state index contributed by atoms with van der Waals surface area (Å²) in [5.74, 6) is -1.29. The quantitative estimate of drug-likeness (QED) is 0.270. The third kappa shape index (κ3) is 4.24. The fraction of sp³-hybridized carbons (Fsp3) is 0.387. The molecular formula is C31H29F4N5O2. The van der Waals surface area contributed by atoms with Gasteiger partial charge in [-0.05, 0) is 43.0 Å². The van der Waals surface area contributed by atoms with E-state index < -0.39 is 35.6 Å². The summed E-state index contributed by atoms with van der Waals surface area (Å²) in [6, 6.07) is 4.96. The first kappa shape index (κ1) is 26.9. The molecule has 0 amide bonds.